The number of rotatable bonds is 7. The smallest absolute Gasteiger partial charge is 0.303 e. The van der Waals surface area contributed by atoms with Gasteiger partial charge >= 0.3 is 23.9 Å². The summed E-state index contributed by atoms with van der Waals surface area (Å²) in [7, 11) is 0. The van der Waals surface area contributed by atoms with Gasteiger partial charge in [0, 0.05) is 34.1 Å². The molecule has 0 aromatic carbocycles. The Morgan fingerprint density at radius 2 is 1.48 bits per heavy atom. The zero-order chi connectivity index (χ0) is 20.8. The third-order valence-corrected chi connectivity index (χ3v) is 3.99. The van der Waals surface area contributed by atoms with Crippen molar-refractivity contribution in [2.24, 2.45) is 0 Å². The highest BCUT2D eigenvalue weighted by atomic mass is 35.5. The van der Waals surface area contributed by atoms with Gasteiger partial charge in [0.2, 0.25) is 0 Å². The summed E-state index contributed by atoms with van der Waals surface area (Å²) in [6.45, 7) is 7.85. The van der Waals surface area contributed by atoms with Crippen molar-refractivity contribution in [1.29, 1.82) is 0 Å². The van der Waals surface area contributed by atoms with E-state index < -0.39 is 53.4 Å². The van der Waals surface area contributed by atoms with Gasteiger partial charge in [-0.15, -0.1) is 6.58 Å². The van der Waals surface area contributed by atoms with Crippen LogP contribution in [0.1, 0.15) is 34.1 Å². The number of carbonyl (C=O) groups is 4. The maximum Gasteiger partial charge on any atom is 0.303 e. The third kappa shape index (κ3) is 6.51. The monoisotopic (exact) mass is 406 g/mol. The Labute approximate surface area is 161 Å². The third-order valence-electron chi connectivity index (χ3n) is 3.53. The minimum absolute atomic E-state index is 0.00632. The molecule has 1 saturated heterocycles. The zero-order valence-corrected chi connectivity index (χ0v) is 16.3. The molecule has 1 heterocycles. The van der Waals surface area contributed by atoms with Crippen LogP contribution in [0.3, 0.4) is 0 Å². The highest BCUT2D eigenvalue weighted by Crippen LogP contribution is 2.41. The second-order valence-corrected chi connectivity index (χ2v) is 6.56. The van der Waals surface area contributed by atoms with Gasteiger partial charge in [0.05, 0.1) is 0 Å². The van der Waals surface area contributed by atoms with Crippen LogP contribution in [-0.2, 0) is 42.9 Å². The van der Waals surface area contributed by atoms with Crippen molar-refractivity contribution in [2.45, 2.75) is 63.6 Å². The number of halogens is 1. The number of carbonyl (C=O) groups excluding carboxylic acids is 4. The van der Waals surface area contributed by atoms with Gasteiger partial charge in [-0.2, -0.15) is 0 Å². The summed E-state index contributed by atoms with van der Waals surface area (Å²) in [6, 6.07) is 0. The predicted octanol–water partition coefficient (Wildman–Crippen LogP) is 1.25. The zero-order valence-electron chi connectivity index (χ0n) is 15.6. The Morgan fingerprint density at radius 3 is 1.93 bits per heavy atom. The van der Waals surface area contributed by atoms with Crippen molar-refractivity contribution >= 4 is 35.5 Å². The molecule has 5 atom stereocenters. The van der Waals surface area contributed by atoms with Crippen LogP contribution < -0.4 is 0 Å². The van der Waals surface area contributed by atoms with Crippen LogP contribution in [0.25, 0.3) is 0 Å². The number of ether oxygens (including phenoxy) is 5. The number of hydrogen-bond acceptors (Lipinski definition) is 9. The minimum atomic E-state index is -1.69. The lowest BCUT2D eigenvalue weighted by Gasteiger charge is -2.48. The molecule has 0 bridgehead atoms. The topological polar surface area (TPSA) is 114 Å². The molecule has 0 spiro atoms. The van der Waals surface area contributed by atoms with Crippen molar-refractivity contribution in [3.05, 3.63) is 12.7 Å². The van der Waals surface area contributed by atoms with Gasteiger partial charge in [-0.05, 0) is 0 Å². The molecule has 1 rings (SSSR count). The van der Waals surface area contributed by atoms with E-state index in [0.29, 0.717) is 0 Å². The molecule has 1 aliphatic heterocycles. The van der Waals surface area contributed by atoms with Crippen LogP contribution in [0.4, 0.5) is 0 Å². The van der Waals surface area contributed by atoms with E-state index in [-0.39, 0.29) is 13.0 Å². The second-order valence-electron chi connectivity index (χ2n) is 5.92. The molecule has 1 fully saturated rings. The lowest BCUT2D eigenvalue weighted by Crippen LogP contribution is -2.66. The molecule has 0 amide bonds. The molecular formula is C17H23ClO9. The van der Waals surface area contributed by atoms with Crippen molar-refractivity contribution in [3.63, 3.8) is 0 Å². The van der Waals surface area contributed by atoms with Crippen LogP contribution in [0.15, 0.2) is 12.7 Å². The van der Waals surface area contributed by atoms with Gasteiger partial charge < -0.3 is 23.7 Å². The first-order chi connectivity index (χ1) is 12.5. The van der Waals surface area contributed by atoms with Crippen molar-refractivity contribution in [2.75, 3.05) is 6.61 Å². The minimum Gasteiger partial charge on any atom is -0.463 e. The molecule has 0 aromatic heterocycles. The Morgan fingerprint density at radius 1 is 0.963 bits per heavy atom. The predicted molar refractivity (Wildman–Crippen MR) is 91.6 cm³/mol. The summed E-state index contributed by atoms with van der Waals surface area (Å²) in [6.07, 6.45) is -3.49. The number of esters is 4. The van der Waals surface area contributed by atoms with E-state index in [0.717, 1.165) is 20.8 Å². The van der Waals surface area contributed by atoms with E-state index >= 15 is 0 Å². The molecule has 27 heavy (non-hydrogen) atoms. The molecule has 0 radical (unpaired) electrons. The summed E-state index contributed by atoms with van der Waals surface area (Å²) in [5, 5.41) is -1.69. The molecule has 0 aromatic rings. The Bertz CT molecular complexity index is 605. The van der Waals surface area contributed by atoms with Gasteiger partial charge in [-0.3, -0.25) is 19.2 Å². The van der Waals surface area contributed by atoms with E-state index in [1.807, 2.05) is 0 Å². The first-order valence-electron chi connectivity index (χ1n) is 8.12. The van der Waals surface area contributed by atoms with Gasteiger partial charge in [0.25, 0.3) is 0 Å². The largest absolute Gasteiger partial charge is 0.463 e. The fourth-order valence-electron chi connectivity index (χ4n) is 2.69. The average molecular weight is 407 g/mol. The van der Waals surface area contributed by atoms with Crippen molar-refractivity contribution in [3.8, 4) is 0 Å². The van der Waals surface area contributed by atoms with Gasteiger partial charge in [0.15, 0.2) is 23.4 Å². The van der Waals surface area contributed by atoms with Crippen molar-refractivity contribution in [1.82, 2.24) is 0 Å². The van der Waals surface area contributed by atoms with Gasteiger partial charge in [-0.25, -0.2) is 0 Å². The highest BCUT2D eigenvalue weighted by Gasteiger charge is 2.58. The SMILES string of the molecule is C=CC[C@@]1(Cl)O[C@H](COC(C)=O)[C@@H](OC(C)=O)[C@H](OC(C)=O)[C@H]1OC(C)=O. The highest BCUT2D eigenvalue weighted by molar-refractivity contribution is 6.23. The first-order valence-corrected chi connectivity index (χ1v) is 8.50. The molecule has 0 saturated carbocycles. The second kappa shape index (κ2) is 9.70. The molecule has 10 heteroatoms. The Kier molecular flexibility index (Phi) is 8.23. The van der Waals surface area contributed by atoms with Crippen LogP contribution in [-0.4, -0.2) is 60.0 Å². The quantitative estimate of drug-likeness (QED) is 0.266. The molecule has 0 aliphatic carbocycles. The summed E-state index contributed by atoms with van der Waals surface area (Å²) < 4.78 is 26.4. The molecule has 0 unspecified atom stereocenters. The van der Waals surface area contributed by atoms with Gasteiger partial charge in [-0.1, -0.05) is 17.7 Å². The molecule has 152 valence electrons. The average Bonchev–Trinajstić information content (AvgIpc) is 2.51. The maximum absolute atomic E-state index is 11.6. The standard InChI is InChI=1S/C17H23ClO9/c1-6-7-17(18)16(26-12(5)22)15(25-11(4)21)14(24-10(3)20)13(27-17)8-23-9(2)19/h6,13-16H,1,7-8H2,2-5H3/t13-,14-,15+,16-,17-/m1/s1. The van der Waals surface area contributed by atoms with E-state index in [1.165, 1.54) is 13.0 Å². The van der Waals surface area contributed by atoms with Gasteiger partial charge in [0.1, 0.15) is 12.7 Å². The number of hydrogen-bond donors (Lipinski definition) is 0. The normalized spacial score (nSPS) is 30.0. The van der Waals surface area contributed by atoms with E-state index in [2.05, 4.69) is 6.58 Å². The fourth-order valence-corrected chi connectivity index (χ4v) is 3.09. The summed E-state index contributed by atoms with van der Waals surface area (Å²) in [5.41, 5.74) is 0. The Balaban J connectivity index is 3.38. The van der Waals surface area contributed by atoms with Crippen molar-refractivity contribution < 1.29 is 42.9 Å². The van der Waals surface area contributed by atoms with Crippen LogP contribution in [0.2, 0.25) is 0 Å². The van der Waals surface area contributed by atoms with E-state index in [1.54, 1.807) is 0 Å². The fraction of sp³-hybridized carbons (Fsp3) is 0.647. The van der Waals surface area contributed by atoms with Crippen LogP contribution in [0, 0.1) is 0 Å². The molecule has 1 aliphatic rings. The van der Waals surface area contributed by atoms with E-state index in [9.17, 15) is 19.2 Å². The van der Waals surface area contributed by atoms with Crippen LogP contribution in [0.5, 0.6) is 0 Å². The summed E-state index contributed by atoms with van der Waals surface area (Å²) in [5.74, 6) is -2.74. The van der Waals surface area contributed by atoms with E-state index in [4.69, 9.17) is 35.3 Å². The molecular weight excluding hydrogens is 384 g/mol. The lowest BCUT2D eigenvalue weighted by molar-refractivity contribution is -0.263. The maximum atomic E-state index is 11.6. The first kappa shape index (κ1) is 22.9. The Hall–Kier alpha value is -2.13. The summed E-state index contributed by atoms with van der Waals surface area (Å²) in [4.78, 5) is 45.9. The molecule has 0 N–H and O–H groups in total. The summed E-state index contributed by atoms with van der Waals surface area (Å²) >= 11 is 6.53. The lowest BCUT2D eigenvalue weighted by atomic mass is 9.92. The van der Waals surface area contributed by atoms with Crippen LogP contribution >= 0.6 is 11.6 Å². The number of alkyl halides is 1. The molecule has 9 nitrogen and oxygen atoms in total.